The lowest BCUT2D eigenvalue weighted by molar-refractivity contribution is -0.146. The molecule has 15 N–H and O–H groups in total. The first kappa shape index (κ1) is 63.0. The van der Waals surface area contributed by atoms with Gasteiger partial charge in [0.1, 0.15) is 52.4 Å². The molecule has 0 aromatic heterocycles. The van der Waals surface area contributed by atoms with Gasteiger partial charge in [0.15, 0.2) is 0 Å². The molecular formula is C37H56N14O21. The first-order chi connectivity index (χ1) is 33.8. The summed E-state index contributed by atoms with van der Waals surface area (Å²) in [4.78, 5) is 206. The molecule has 35 heteroatoms. The zero-order valence-electron chi connectivity index (χ0n) is 38.5. The molecule has 0 fully saturated rings. The molecule has 0 aliphatic rings. The van der Waals surface area contributed by atoms with Crippen molar-refractivity contribution in [1.29, 1.82) is 0 Å². The van der Waals surface area contributed by atoms with E-state index < -0.39 is 205 Å². The molecule has 0 saturated carbocycles. The van der Waals surface area contributed by atoms with Crippen LogP contribution in [0.1, 0.15) is 13.3 Å². The van der Waals surface area contributed by atoms with Crippen molar-refractivity contribution in [3.63, 3.8) is 0 Å². The third kappa shape index (κ3) is 30.4. The summed E-state index contributed by atoms with van der Waals surface area (Å²) in [5, 5.41) is 55.9. The maximum atomic E-state index is 12.7. The van der Waals surface area contributed by atoms with Gasteiger partial charge in [0, 0.05) is 19.5 Å². The van der Waals surface area contributed by atoms with Gasteiger partial charge in [-0.25, -0.2) is 0 Å². The second-order valence-electron chi connectivity index (χ2n) is 14.3. The highest BCUT2D eigenvalue weighted by Gasteiger charge is 2.25. The van der Waals surface area contributed by atoms with E-state index in [2.05, 4.69) is 47.9 Å². The van der Waals surface area contributed by atoms with Crippen molar-refractivity contribution in [2.24, 2.45) is 5.73 Å². The van der Waals surface area contributed by atoms with Gasteiger partial charge in [-0.1, -0.05) is 6.92 Å². The Bertz CT molecular complexity index is 2070. The Balaban J connectivity index is 5.00. The van der Waals surface area contributed by atoms with E-state index in [9.17, 15) is 91.7 Å². The first-order valence-corrected chi connectivity index (χ1v) is 20.8. The van der Waals surface area contributed by atoms with E-state index in [-0.39, 0.29) is 19.5 Å². The van der Waals surface area contributed by atoms with Crippen molar-refractivity contribution in [2.45, 2.75) is 13.3 Å². The Morgan fingerprint density at radius 2 is 0.528 bits per heavy atom. The molecule has 0 aliphatic carbocycles. The van der Waals surface area contributed by atoms with Crippen LogP contribution in [-0.2, 0) is 81.5 Å². The second-order valence-corrected chi connectivity index (χ2v) is 14.3. The number of nitrogens with two attached hydrogens (primary N) is 1. The fraction of sp³-hybridized carbons (Fsp3) is 0.541. The topological polar surface area (TPSA) is 518 Å². The van der Waals surface area contributed by atoms with Crippen LogP contribution in [0, 0.1) is 0 Å². The van der Waals surface area contributed by atoms with E-state index in [0.717, 1.165) is 0 Å². The summed E-state index contributed by atoms with van der Waals surface area (Å²) >= 11 is 0. The molecule has 0 saturated heterocycles. The summed E-state index contributed by atoms with van der Waals surface area (Å²) in [6, 6.07) is 0. The highest BCUT2D eigenvalue weighted by atomic mass is 16.4. The highest BCUT2D eigenvalue weighted by molar-refractivity contribution is 5.96. The van der Waals surface area contributed by atoms with Crippen LogP contribution >= 0.6 is 0 Å². The third-order valence-electron chi connectivity index (χ3n) is 8.41. The molecule has 35 nitrogen and oxygen atoms in total. The molecule has 0 heterocycles. The number of rotatable bonds is 35. The standard InChI is InChI=1S/C37H56N14O21/c1-2-21(52)41-6-23(54)45-12-33(64)51(20-37(71)72)16-29(60)43-8-25(56)47-11-32(63)49(18-35(67)68)14-27(58)40-4-3-39-26(57)13-48(17-34(65)66)31(62)10-46-24(55)7-42-28(59)15-50(19-36(69)70)30(61)9-44-22(53)5-38/h2-20,38H2,1H3,(H,39,57)(H,40,58)(H,41,52)(H,42,59)(H,43,60)(H,44,53)(H,45,54)(H,46,55)(H,47,56)(H,65,66)(H,67,68)(H,69,70)(H,71,72). The minimum atomic E-state index is -1.57. The zero-order valence-corrected chi connectivity index (χ0v) is 38.5. The minimum absolute atomic E-state index is 0.0852. The van der Waals surface area contributed by atoms with Gasteiger partial charge in [0.2, 0.25) is 76.8 Å². The predicted molar refractivity (Wildman–Crippen MR) is 233 cm³/mol. The quantitative estimate of drug-likeness (QED) is 0.0262. The molecule has 13 amide bonds. The Morgan fingerprint density at radius 1 is 0.306 bits per heavy atom. The summed E-state index contributed by atoms with van der Waals surface area (Å²) in [7, 11) is 0. The van der Waals surface area contributed by atoms with E-state index >= 15 is 0 Å². The number of nitrogens with one attached hydrogen (secondary N) is 9. The molecule has 0 bridgehead atoms. The van der Waals surface area contributed by atoms with E-state index in [1.165, 1.54) is 6.92 Å². The summed E-state index contributed by atoms with van der Waals surface area (Å²) in [6.45, 7) is -12.5. The fourth-order valence-electron chi connectivity index (χ4n) is 4.97. The average Bonchev–Trinajstić information content (AvgIpc) is 3.30. The second kappa shape index (κ2) is 34.3. The molecule has 0 unspecified atom stereocenters. The Morgan fingerprint density at radius 3 is 0.764 bits per heavy atom. The predicted octanol–water partition coefficient (Wildman–Crippen LogP) is -11.9. The number of amides is 13. The van der Waals surface area contributed by atoms with Gasteiger partial charge in [-0.2, -0.15) is 0 Å². The molecule has 0 aromatic rings. The number of carbonyl (C=O) groups excluding carboxylic acids is 13. The van der Waals surface area contributed by atoms with Crippen molar-refractivity contribution < 1.29 is 102 Å². The van der Waals surface area contributed by atoms with Crippen LogP contribution in [0.25, 0.3) is 0 Å². The molecule has 0 radical (unpaired) electrons. The maximum absolute atomic E-state index is 12.7. The van der Waals surface area contributed by atoms with Gasteiger partial charge in [0.25, 0.3) is 0 Å². The largest absolute Gasteiger partial charge is 0.480 e. The molecule has 0 spiro atoms. The SMILES string of the molecule is CCC(=O)NCC(=O)NCC(=O)N(CC(=O)O)CC(=O)NCC(=O)NCC(=O)N(CC(=O)O)CC(=O)NCCNC(=O)CN(CC(=O)O)C(=O)CNC(=O)CNC(=O)CN(CC(=O)O)C(=O)CNC(=O)CN. The smallest absolute Gasteiger partial charge is 0.323 e. The number of aliphatic carboxylic acids is 4. The monoisotopic (exact) mass is 1030 g/mol. The van der Waals surface area contributed by atoms with Gasteiger partial charge >= 0.3 is 23.9 Å². The molecule has 72 heavy (non-hydrogen) atoms. The van der Waals surface area contributed by atoms with Crippen LogP contribution in [0.15, 0.2) is 0 Å². The van der Waals surface area contributed by atoms with E-state index in [0.29, 0.717) is 19.6 Å². The fourth-order valence-corrected chi connectivity index (χ4v) is 4.97. The third-order valence-corrected chi connectivity index (χ3v) is 8.41. The van der Waals surface area contributed by atoms with Crippen LogP contribution in [0.5, 0.6) is 0 Å². The normalized spacial score (nSPS) is 10.1. The minimum Gasteiger partial charge on any atom is -0.480 e. The first-order valence-electron chi connectivity index (χ1n) is 20.8. The van der Waals surface area contributed by atoms with Gasteiger partial charge in [0.05, 0.1) is 52.4 Å². The number of carboxylic acid groups (broad SMARTS) is 4. The lowest BCUT2D eigenvalue weighted by atomic mass is 10.3. The average molecular weight is 1030 g/mol. The van der Waals surface area contributed by atoms with Crippen molar-refractivity contribution in [2.75, 3.05) is 118 Å². The maximum Gasteiger partial charge on any atom is 0.323 e. The highest BCUT2D eigenvalue weighted by Crippen LogP contribution is 1.95. The molecule has 0 aliphatic heterocycles. The molecule has 400 valence electrons. The number of hydrogen-bond acceptors (Lipinski definition) is 18. The van der Waals surface area contributed by atoms with E-state index in [1.807, 2.05) is 0 Å². The molecule has 0 rings (SSSR count). The number of carboxylic acids is 4. The summed E-state index contributed by atoms with van der Waals surface area (Å²) < 4.78 is 0. The number of nitrogens with zero attached hydrogens (tertiary/aromatic N) is 4. The van der Waals surface area contributed by atoms with E-state index in [1.54, 1.807) is 0 Å². The van der Waals surface area contributed by atoms with Crippen LogP contribution in [0.3, 0.4) is 0 Å². The van der Waals surface area contributed by atoms with Crippen LogP contribution in [0.2, 0.25) is 0 Å². The Kier molecular flexibility index (Phi) is 30.0. The molecule has 0 aromatic carbocycles. The lowest BCUT2D eigenvalue weighted by Crippen LogP contribution is -2.50. The van der Waals surface area contributed by atoms with Gasteiger partial charge < -0.3 is 93.6 Å². The van der Waals surface area contributed by atoms with Crippen molar-refractivity contribution in [3.8, 4) is 0 Å². The molecule has 0 atom stereocenters. The van der Waals surface area contributed by atoms with Crippen molar-refractivity contribution >= 4 is 101 Å². The molecular weight excluding hydrogens is 976 g/mol. The lowest BCUT2D eigenvalue weighted by Gasteiger charge is -2.22. The Labute approximate surface area is 406 Å². The number of carbonyl (C=O) groups is 17. The van der Waals surface area contributed by atoms with Crippen LogP contribution in [-0.4, -0.2) is 259 Å². The van der Waals surface area contributed by atoms with Gasteiger partial charge in [-0.05, 0) is 0 Å². The van der Waals surface area contributed by atoms with Crippen LogP contribution < -0.4 is 53.6 Å². The van der Waals surface area contributed by atoms with Crippen molar-refractivity contribution in [1.82, 2.24) is 67.5 Å². The summed E-state index contributed by atoms with van der Waals surface area (Å²) in [5.74, 6) is -18.3. The summed E-state index contributed by atoms with van der Waals surface area (Å²) in [6.07, 6.45) is 0.0852. The number of hydrogen-bond donors (Lipinski definition) is 14. The zero-order chi connectivity index (χ0) is 54.9. The van der Waals surface area contributed by atoms with Crippen molar-refractivity contribution in [3.05, 3.63) is 0 Å². The summed E-state index contributed by atoms with van der Waals surface area (Å²) in [5.41, 5.74) is 5.11. The van der Waals surface area contributed by atoms with E-state index in [4.69, 9.17) is 15.9 Å². The van der Waals surface area contributed by atoms with Gasteiger partial charge in [-0.3, -0.25) is 81.5 Å². The van der Waals surface area contributed by atoms with Crippen LogP contribution in [0.4, 0.5) is 0 Å². The Hall–Kier alpha value is -9.05. The van der Waals surface area contributed by atoms with Gasteiger partial charge in [-0.15, -0.1) is 0 Å².